The average Bonchev–Trinajstić information content (AvgIpc) is 2.86. The van der Waals surface area contributed by atoms with Crippen molar-refractivity contribution in [1.29, 1.82) is 0 Å². The van der Waals surface area contributed by atoms with Crippen LogP contribution < -0.4 is 10.6 Å². The summed E-state index contributed by atoms with van der Waals surface area (Å²) >= 11 is 4.37. The van der Waals surface area contributed by atoms with Gasteiger partial charge in [-0.3, -0.25) is 9.59 Å². The highest BCUT2D eigenvalue weighted by Crippen LogP contribution is 2.28. The molecule has 2 unspecified atom stereocenters. The number of nitrogens with one attached hydrogen (secondary N) is 2. The first-order valence-corrected chi connectivity index (χ1v) is 14.4. The second-order valence-electron chi connectivity index (χ2n) is 11.0. The number of hydrogen-bond donors (Lipinski definition) is 3. The molecule has 0 radical (unpaired) electrons. The fourth-order valence-electron chi connectivity index (χ4n) is 4.34. The summed E-state index contributed by atoms with van der Waals surface area (Å²) in [6.45, 7) is 13.6. The Balaban J connectivity index is 2.50. The van der Waals surface area contributed by atoms with Crippen LogP contribution in [0.2, 0.25) is 0 Å². The number of aryl methyl sites for hydroxylation is 3. The molecule has 2 rings (SSSR count). The number of hydrogen-bond acceptors (Lipinski definition) is 5. The summed E-state index contributed by atoms with van der Waals surface area (Å²) in [7, 11) is 0. The number of para-hydroxylation sites is 1. The minimum absolute atomic E-state index is 0.0582. The molecule has 214 valence electrons. The van der Waals surface area contributed by atoms with Gasteiger partial charge in [-0.25, -0.2) is 4.79 Å². The first-order chi connectivity index (χ1) is 18.4. The third-order valence-electron chi connectivity index (χ3n) is 6.39. The summed E-state index contributed by atoms with van der Waals surface area (Å²) in [4.78, 5) is 42.2. The maximum absolute atomic E-state index is 14.0. The van der Waals surface area contributed by atoms with Gasteiger partial charge in [-0.05, 0) is 64.7 Å². The van der Waals surface area contributed by atoms with E-state index in [0.717, 1.165) is 48.1 Å². The van der Waals surface area contributed by atoms with E-state index < -0.39 is 23.8 Å². The number of rotatable bonds is 12. The van der Waals surface area contributed by atoms with Gasteiger partial charge in [0.05, 0.1) is 0 Å². The minimum atomic E-state index is -0.963. The number of alkyl carbamates (subject to hydrolysis) is 1. The van der Waals surface area contributed by atoms with Crippen LogP contribution in [-0.2, 0) is 14.3 Å². The minimum Gasteiger partial charge on any atom is -0.444 e. The molecule has 0 aromatic heterocycles. The van der Waals surface area contributed by atoms with E-state index in [2.05, 4.69) is 30.2 Å². The van der Waals surface area contributed by atoms with Gasteiger partial charge in [-0.2, -0.15) is 12.6 Å². The standard InChI is InChI=1S/C31H45N3O4S/c1-8-9-10-11-19-34(29(36)25(20-39)32-30(37)38-31(5,6)7)27(24-17-15-21(2)16-18-24)28(35)33-26-22(3)13-12-14-23(26)4/h12-18,25,27,39H,8-11,19-20H2,1-7H3,(H,32,37)(H,33,35). The Bertz CT molecular complexity index is 1090. The summed E-state index contributed by atoms with van der Waals surface area (Å²) < 4.78 is 5.39. The van der Waals surface area contributed by atoms with E-state index >= 15 is 0 Å². The second-order valence-corrected chi connectivity index (χ2v) is 11.4. The van der Waals surface area contributed by atoms with E-state index in [0.29, 0.717) is 12.1 Å². The molecule has 0 fully saturated rings. The van der Waals surface area contributed by atoms with Gasteiger partial charge in [0.1, 0.15) is 17.7 Å². The van der Waals surface area contributed by atoms with E-state index in [-0.39, 0.29) is 17.6 Å². The van der Waals surface area contributed by atoms with Crippen molar-refractivity contribution < 1.29 is 19.1 Å². The summed E-state index contributed by atoms with van der Waals surface area (Å²) in [5, 5.41) is 5.76. The predicted molar refractivity (Wildman–Crippen MR) is 161 cm³/mol. The molecule has 39 heavy (non-hydrogen) atoms. The number of anilines is 1. The molecule has 0 saturated heterocycles. The Hall–Kier alpha value is -3.00. The van der Waals surface area contributed by atoms with E-state index in [1.807, 2.05) is 63.2 Å². The van der Waals surface area contributed by atoms with Crippen molar-refractivity contribution in [2.75, 3.05) is 17.6 Å². The van der Waals surface area contributed by atoms with Crippen LogP contribution in [0.1, 0.15) is 81.7 Å². The third-order valence-corrected chi connectivity index (χ3v) is 6.75. The van der Waals surface area contributed by atoms with Crippen molar-refractivity contribution in [2.24, 2.45) is 0 Å². The number of unbranched alkanes of at least 4 members (excludes halogenated alkanes) is 3. The second kappa shape index (κ2) is 15.0. The Morgan fingerprint density at radius 1 is 0.949 bits per heavy atom. The van der Waals surface area contributed by atoms with Crippen molar-refractivity contribution in [3.05, 3.63) is 64.7 Å². The normalized spacial score (nSPS) is 12.8. The first-order valence-electron chi connectivity index (χ1n) is 13.7. The Morgan fingerprint density at radius 3 is 2.10 bits per heavy atom. The van der Waals surface area contributed by atoms with Crippen molar-refractivity contribution in [2.45, 2.75) is 91.8 Å². The number of ether oxygens (including phenoxy) is 1. The number of benzene rings is 2. The first kappa shape index (κ1) is 32.2. The quantitative estimate of drug-likeness (QED) is 0.205. The van der Waals surface area contributed by atoms with E-state index in [1.165, 1.54) is 0 Å². The smallest absolute Gasteiger partial charge is 0.408 e. The van der Waals surface area contributed by atoms with Gasteiger partial charge in [0, 0.05) is 18.0 Å². The molecular formula is C31H45N3O4S. The zero-order chi connectivity index (χ0) is 29.2. The molecule has 8 heteroatoms. The molecule has 7 nitrogen and oxygen atoms in total. The van der Waals surface area contributed by atoms with E-state index in [1.54, 1.807) is 25.7 Å². The molecule has 0 aliphatic heterocycles. The van der Waals surface area contributed by atoms with Crippen LogP contribution in [0.3, 0.4) is 0 Å². The highest BCUT2D eigenvalue weighted by molar-refractivity contribution is 7.80. The van der Waals surface area contributed by atoms with Gasteiger partial charge in [0.15, 0.2) is 0 Å². The van der Waals surface area contributed by atoms with E-state index in [9.17, 15) is 14.4 Å². The number of carbonyl (C=O) groups is 3. The van der Waals surface area contributed by atoms with Gasteiger partial charge >= 0.3 is 6.09 Å². The molecule has 0 aliphatic rings. The molecular weight excluding hydrogens is 510 g/mol. The molecule has 2 N–H and O–H groups in total. The summed E-state index contributed by atoms with van der Waals surface area (Å²) in [5.74, 6) is -0.632. The maximum Gasteiger partial charge on any atom is 0.408 e. The zero-order valence-electron chi connectivity index (χ0n) is 24.5. The summed E-state index contributed by atoms with van der Waals surface area (Å²) in [5.41, 5.74) is 3.63. The predicted octanol–water partition coefficient (Wildman–Crippen LogP) is 6.52. The number of thiol groups is 1. The van der Waals surface area contributed by atoms with Crippen LogP contribution in [0.4, 0.5) is 10.5 Å². The van der Waals surface area contributed by atoms with Crippen LogP contribution in [0, 0.1) is 20.8 Å². The van der Waals surface area contributed by atoms with Gasteiger partial charge in [-0.1, -0.05) is 74.2 Å². The van der Waals surface area contributed by atoms with Gasteiger partial charge in [0.2, 0.25) is 5.91 Å². The molecule has 0 spiro atoms. The Morgan fingerprint density at radius 2 is 1.56 bits per heavy atom. The SMILES string of the molecule is CCCCCCN(C(=O)C(CS)NC(=O)OC(C)(C)C)C(C(=O)Nc1c(C)cccc1C)c1ccc(C)cc1. The average molecular weight is 556 g/mol. The van der Waals surface area contributed by atoms with Crippen molar-refractivity contribution in [1.82, 2.24) is 10.2 Å². The Kier molecular flexibility index (Phi) is 12.4. The Labute approximate surface area is 239 Å². The lowest BCUT2D eigenvalue weighted by Gasteiger charge is -2.34. The number of nitrogens with zero attached hydrogens (tertiary/aromatic N) is 1. The highest BCUT2D eigenvalue weighted by atomic mass is 32.1. The van der Waals surface area contributed by atoms with Crippen molar-refractivity contribution in [3.8, 4) is 0 Å². The van der Waals surface area contributed by atoms with Crippen LogP contribution in [0.15, 0.2) is 42.5 Å². The molecule has 2 atom stereocenters. The topological polar surface area (TPSA) is 87.7 Å². The summed E-state index contributed by atoms with van der Waals surface area (Å²) in [6, 6.07) is 11.6. The highest BCUT2D eigenvalue weighted by Gasteiger charge is 2.36. The molecule has 2 aromatic carbocycles. The number of carbonyl (C=O) groups excluding carboxylic acids is 3. The van der Waals surface area contributed by atoms with Crippen LogP contribution in [-0.4, -0.2) is 46.7 Å². The molecule has 0 bridgehead atoms. The monoisotopic (exact) mass is 555 g/mol. The fraction of sp³-hybridized carbons (Fsp3) is 0.516. The third kappa shape index (κ3) is 9.92. The molecule has 0 aliphatic carbocycles. The lowest BCUT2D eigenvalue weighted by atomic mass is 10.00. The maximum atomic E-state index is 14.0. The lowest BCUT2D eigenvalue weighted by molar-refractivity contribution is -0.140. The molecule has 0 saturated carbocycles. The van der Waals surface area contributed by atoms with Crippen LogP contribution >= 0.6 is 12.6 Å². The zero-order valence-corrected chi connectivity index (χ0v) is 25.4. The van der Waals surface area contributed by atoms with Gasteiger partial charge in [-0.15, -0.1) is 0 Å². The fourth-order valence-corrected chi connectivity index (χ4v) is 4.58. The van der Waals surface area contributed by atoms with Gasteiger partial charge in [0.25, 0.3) is 5.91 Å². The van der Waals surface area contributed by atoms with Gasteiger partial charge < -0.3 is 20.3 Å². The van der Waals surface area contributed by atoms with Crippen molar-refractivity contribution in [3.63, 3.8) is 0 Å². The van der Waals surface area contributed by atoms with Crippen molar-refractivity contribution >= 4 is 36.2 Å². The van der Waals surface area contributed by atoms with E-state index in [4.69, 9.17) is 4.74 Å². The molecule has 3 amide bonds. The largest absolute Gasteiger partial charge is 0.444 e. The lowest BCUT2D eigenvalue weighted by Crippen LogP contribution is -2.53. The van der Waals surface area contributed by atoms with Crippen LogP contribution in [0.25, 0.3) is 0 Å². The molecule has 0 heterocycles. The summed E-state index contributed by atoms with van der Waals surface area (Å²) in [6.07, 6.45) is 3.02. The molecule has 2 aromatic rings. The van der Waals surface area contributed by atoms with Crippen LogP contribution in [0.5, 0.6) is 0 Å². The number of amides is 3.